The van der Waals surface area contributed by atoms with E-state index in [1.165, 1.54) is 24.0 Å². The minimum absolute atomic E-state index is 0.257. The third kappa shape index (κ3) is 3.77. The van der Waals surface area contributed by atoms with E-state index in [1.807, 2.05) is 11.9 Å². The van der Waals surface area contributed by atoms with Crippen LogP contribution in [-0.2, 0) is 11.2 Å². The number of nitrogens with zero attached hydrogens (tertiary/aromatic N) is 2. The number of aryl methyl sites for hydroxylation is 1. The van der Waals surface area contributed by atoms with Crippen molar-refractivity contribution in [1.82, 2.24) is 9.80 Å². The second-order valence-corrected chi connectivity index (χ2v) is 7.75. The fraction of sp³-hybridized carbons (Fsp3) is 0.650. The van der Waals surface area contributed by atoms with E-state index in [-0.39, 0.29) is 11.9 Å². The van der Waals surface area contributed by atoms with Crippen molar-refractivity contribution in [3.8, 4) is 0 Å². The summed E-state index contributed by atoms with van der Waals surface area (Å²) in [6.07, 6.45) is 4.70. The molecule has 1 saturated heterocycles. The van der Waals surface area contributed by atoms with Gasteiger partial charge in [0.25, 0.3) is 0 Å². The molecule has 1 amide bonds. The molecule has 0 N–H and O–H groups in total. The molecule has 1 aromatic carbocycles. The molecule has 1 heterocycles. The summed E-state index contributed by atoms with van der Waals surface area (Å²) in [6.45, 7) is 7.29. The first-order valence-electron chi connectivity index (χ1n) is 9.10. The summed E-state index contributed by atoms with van der Waals surface area (Å²) in [6, 6.07) is 8.89. The molecule has 0 radical (unpaired) electrons. The normalized spacial score (nSPS) is 28.2. The van der Waals surface area contributed by atoms with Crippen LogP contribution in [0.25, 0.3) is 0 Å². The first kappa shape index (κ1) is 16.5. The second kappa shape index (κ2) is 7.04. The van der Waals surface area contributed by atoms with Crippen molar-refractivity contribution >= 4 is 5.91 Å². The van der Waals surface area contributed by atoms with Crippen molar-refractivity contribution < 1.29 is 4.79 Å². The number of carbonyl (C=O) groups excluding carboxylic acids is 1. The van der Waals surface area contributed by atoms with E-state index in [9.17, 15) is 4.79 Å². The molecule has 1 fully saturated rings. The fourth-order valence-corrected chi connectivity index (χ4v) is 4.53. The number of fused-ring (bicyclic) bond motifs is 1. The van der Waals surface area contributed by atoms with E-state index in [2.05, 4.69) is 43.0 Å². The number of amides is 1. The number of hydrogen-bond acceptors (Lipinski definition) is 2. The van der Waals surface area contributed by atoms with E-state index >= 15 is 0 Å². The zero-order chi connectivity index (χ0) is 16.4. The third-order valence-corrected chi connectivity index (χ3v) is 5.50. The van der Waals surface area contributed by atoms with Gasteiger partial charge >= 0.3 is 0 Å². The number of hydrogen-bond donors (Lipinski definition) is 0. The molecule has 0 saturated carbocycles. The number of piperidine rings is 1. The molecule has 1 aromatic rings. The van der Waals surface area contributed by atoms with Gasteiger partial charge in [-0.25, -0.2) is 0 Å². The topological polar surface area (TPSA) is 23.6 Å². The summed E-state index contributed by atoms with van der Waals surface area (Å²) in [7, 11) is 1.99. The van der Waals surface area contributed by atoms with Gasteiger partial charge in [0.2, 0.25) is 5.91 Å². The third-order valence-electron chi connectivity index (χ3n) is 5.50. The Hall–Kier alpha value is -1.35. The van der Waals surface area contributed by atoms with Crippen molar-refractivity contribution in [2.45, 2.75) is 45.6 Å². The molecule has 1 aliphatic carbocycles. The lowest BCUT2D eigenvalue weighted by Gasteiger charge is -2.37. The first-order valence-corrected chi connectivity index (χ1v) is 9.10. The summed E-state index contributed by atoms with van der Waals surface area (Å²) >= 11 is 0. The van der Waals surface area contributed by atoms with Crippen LogP contribution < -0.4 is 0 Å². The molecule has 3 atom stereocenters. The Morgan fingerprint density at radius 3 is 2.65 bits per heavy atom. The number of rotatable bonds is 3. The average Bonchev–Trinajstić information content (AvgIpc) is 2.52. The predicted molar refractivity (Wildman–Crippen MR) is 94.3 cm³/mol. The van der Waals surface area contributed by atoms with Crippen molar-refractivity contribution in [1.29, 1.82) is 0 Å². The Balaban J connectivity index is 1.66. The smallest absolute Gasteiger partial charge is 0.237 e. The Morgan fingerprint density at radius 2 is 1.91 bits per heavy atom. The van der Waals surface area contributed by atoms with Gasteiger partial charge in [0, 0.05) is 20.1 Å². The fourth-order valence-electron chi connectivity index (χ4n) is 4.53. The van der Waals surface area contributed by atoms with Crippen LogP contribution in [0.1, 0.15) is 50.3 Å². The van der Waals surface area contributed by atoms with E-state index in [4.69, 9.17) is 0 Å². The van der Waals surface area contributed by atoms with Gasteiger partial charge in [-0.1, -0.05) is 38.1 Å². The maximum Gasteiger partial charge on any atom is 0.237 e. The molecule has 3 rings (SSSR count). The lowest BCUT2D eigenvalue weighted by Crippen LogP contribution is -2.46. The molecule has 0 bridgehead atoms. The highest BCUT2D eigenvalue weighted by Crippen LogP contribution is 2.33. The van der Waals surface area contributed by atoms with Crippen LogP contribution in [-0.4, -0.2) is 42.4 Å². The van der Waals surface area contributed by atoms with Crippen LogP contribution in [0.4, 0.5) is 0 Å². The van der Waals surface area contributed by atoms with Crippen LogP contribution in [0, 0.1) is 11.8 Å². The van der Waals surface area contributed by atoms with E-state index in [0.717, 1.165) is 25.9 Å². The Labute approximate surface area is 140 Å². The summed E-state index contributed by atoms with van der Waals surface area (Å²) in [5, 5.41) is 0. The van der Waals surface area contributed by atoms with Crippen LogP contribution in [0.2, 0.25) is 0 Å². The minimum Gasteiger partial charge on any atom is -0.338 e. The van der Waals surface area contributed by atoms with E-state index in [0.29, 0.717) is 18.4 Å². The molecule has 3 nitrogen and oxygen atoms in total. The molecule has 126 valence electrons. The van der Waals surface area contributed by atoms with Crippen molar-refractivity contribution in [2.75, 3.05) is 26.7 Å². The van der Waals surface area contributed by atoms with Crippen molar-refractivity contribution in [2.24, 2.45) is 11.8 Å². The lowest BCUT2D eigenvalue weighted by molar-refractivity contribution is -0.134. The van der Waals surface area contributed by atoms with Crippen LogP contribution in [0.15, 0.2) is 24.3 Å². The van der Waals surface area contributed by atoms with Crippen LogP contribution in [0.3, 0.4) is 0 Å². The Morgan fingerprint density at radius 1 is 1.22 bits per heavy atom. The van der Waals surface area contributed by atoms with Crippen LogP contribution in [0.5, 0.6) is 0 Å². The van der Waals surface area contributed by atoms with Gasteiger partial charge in [-0.05, 0) is 48.6 Å². The SMILES string of the molecule is CC1CC(C)CN(CC(=O)N(C)C2CCCc3ccccc32)C1. The molecule has 2 aliphatic rings. The van der Waals surface area contributed by atoms with Crippen molar-refractivity contribution in [3.63, 3.8) is 0 Å². The quantitative estimate of drug-likeness (QED) is 0.852. The molecule has 3 heteroatoms. The summed E-state index contributed by atoms with van der Waals surface area (Å²) in [5.74, 6) is 1.67. The van der Waals surface area contributed by atoms with Gasteiger partial charge < -0.3 is 4.90 Å². The minimum atomic E-state index is 0.257. The van der Waals surface area contributed by atoms with Gasteiger partial charge in [-0.3, -0.25) is 9.69 Å². The molecular weight excluding hydrogens is 284 g/mol. The number of benzene rings is 1. The van der Waals surface area contributed by atoms with E-state index in [1.54, 1.807) is 0 Å². The highest BCUT2D eigenvalue weighted by molar-refractivity contribution is 5.78. The highest BCUT2D eigenvalue weighted by atomic mass is 16.2. The van der Waals surface area contributed by atoms with Gasteiger partial charge in [-0.15, -0.1) is 0 Å². The zero-order valence-electron chi connectivity index (χ0n) is 14.8. The maximum absolute atomic E-state index is 12.8. The van der Waals surface area contributed by atoms with Crippen molar-refractivity contribution in [3.05, 3.63) is 35.4 Å². The lowest BCUT2D eigenvalue weighted by atomic mass is 9.87. The summed E-state index contributed by atoms with van der Waals surface area (Å²) in [5.41, 5.74) is 2.78. The van der Waals surface area contributed by atoms with E-state index < -0.39 is 0 Å². The largest absolute Gasteiger partial charge is 0.338 e. The zero-order valence-corrected chi connectivity index (χ0v) is 14.8. The van der Waals surface area contributed by atoms with Crippen LogP contribution >= 0.6 is 0 Å². The van der Waals surface area contributed by atoms with Gasteiger partial charge in [-0.2, -0.15) is 0 Å². The molecule has 23 heavy (non-hydrogen) atoms. The Bertz CT molecular complexity index is 546. The second-order valence-electron chi connectivity index (χ2n) is 7.75. The molecule has 1 aliphatic heterocycles. The first-order chi connectivity index (χ1) is 11.0. The molecule has 0 aromatic heterocycles. The number of likely N-dealkylation sites (N-methyl/N-ethyl adjacent to an activating group) is 1. The summed E-state index contributed by atoms with van der Waals surface area (Å²) in [4.78, 5) is 17.2. The standard InChI is InChI=1S/C20H30N2O/c1-15-11-16(2)13-22(12-15)14-20(23)21(3)19-10-6-8-17-7-4-5-9-18(17)19/h4-5,7,9,15-16,19H,6,8,10-14H2,1-3H3. The molecule has 3 unspecified atom stereocenters. The monoisotopic (exact) mass is 314 g/mol. The predicted octanol–water partition coefficient (Wildman–Crippen LogP) is 3.50. The van der Waals surface area contributed by atoms with Gasteiger partial charge in [0.1, 0.15) is 0 Å². The van der Waals surface area contributed by atoms with Gasteiger partial charge in [0.05, 0.1) is 12.6 Å². The van der Waals surface area contributed by atoms with Gasteiger partial charge in [0.15, 0.2) is 0 Å². The number of carbonyl (C=O) groups is 1. The number of likely N-dealkylation sites (tertiary alicyclic amines) is 1. The average molecular weight is 314 g/mol. The summed E-state index contributed by atoms with van der Waals surface area (Å²) < 4.78 is 0. The highest BCUT2D eigenvalue weighted by Gasteiger charge is 2.29. The maximum atomic E-state index is 12.8. The Kier molecular flexibility index (Phi) is 5.05. The molecular formula is C20H30N2O. The molecule has 0 spiro atoms.